The average Bonchev–Trinajstić information content (AvgIpc) is 2.04. The Morgan fingerprint density at radius 1 is 1.33 bits per heavy atom. The summed E-state index contributed by atoms with van der Waals surface area (Å²) in [6.07, 6.45) is 0.414. The van der Waals surface area contributed by atoms with Crippen molar-refractivity contribution in [3.05, 3.63) is 36.4 Å². The van der Waals surface area contributed by atoms with Crippen LogP contribution in [0.15, 0.2) is 30.8 Å². The van der Waals surface area contributed by atoms with Gasteiger partial charge in [0, 0.05) is 11.3 Å². The SMILES string of the molecule is C=C1CC(=O)Nc2ccccc21. The predicted molar refractivity (Wildman–Crippen MR) is 48.7 cm³/mol. The van der Waals surface area contributed by atoms with Gasteiger partial charge in [0.15, 0.2) is 0 Å². The maximum atomic E-state index is 11.1. The molecule has 0 saturated carbocycles. The van der Waals surface area contributed by atoms with E-state index >= 15 is 0 Å². The Bertz CT molecular complexity index is 355. The molecule has 2 nitrogen and oxygen atoms in total. The highest BCUT2D eigenvalue weighted by atomic mass is 16.1. The topological polar surface area (TPSA) is 29.1 Å². The van der Waals surface area contributed by atoms with E-state index in [-0.39, 0.29) is 5.91 Å². The van der Waals surface area contributed by atoms with Crippen molar-refractivity contribution in [3.8, 4) is 0 Å². The third-order valence-corrected chi connectivity index (χ3v) is 1.96. The van der Waals surface area contributed by atoms with E-state index in [1.807, 2.05) is 24.3 Å². The molecule has 1 heterocycles. The molecule has 1 aromatic carbocycles. The summed E-state index contributed by atoms with van der Waals surface area (Å²) < 4.78 is 0. The summed E-state index contributed by atoms with van der Waals surface area (Å²) in [4.78, 5) is 11.1. The van der Waals surface area contributed by atoms with Crippen LogP contribution >= 0.6 is 0 Å². The van der Waals surface area contributed by atoms with Gasteiger partial charge in [0.2, 0.25) is 5.91 Å². The number of nitrogens with one attached hydrogen (secondary N) is 1. The first-order valence-electron chi connectivity index (χ1n) is 3.84. The third kappa shape index (κ3) is 1.01. The Balaban J connectivity index is 2.54. The van der Waals surface area contributed by atoms with Gasteiger partial charge in [-0.2, -0.15) is 0 Å². The molecular formula is C10H9NO. The minimum absolute atomic E-state index is 0.0266. The number of para-hydroxylation sites is 1. The van der Waals surface area contributed by atoms with Crippen LogP contribution in [0.1, 0.15) is 12.0 Å². The van der Waals surface area contributed by atoms with Crippen LogP contribution in [0.2, 0.25) is 0 Å². The molecule has 2 heteroatoms. The monoisotopic (exact) mass is 159 g/mol. The minimum Gasteiger partial charge on any atom is -0.325 e. The van der Waals surface area contributed by atoms with Crippen LogP contribution < -0.4 is 5.32 Å². The lowest BCUT2D eigenvalue weighted by atomic mass is 9.99. The molecule has 0 atom stereocenters. The van der Waals surface area contributed by atoms with Crippen LogP contribution in [0, 0.1) is 0 Å². The number of hydrogen-bond donors (Lipinski definition) is 1. The van der Waals surface area contributed by atoms with Crippen molar-refractivity contribution >= 4 is 17.2 Å². The maximum absolute atomic E-state index is 11.1. The zero-order valence-electron chi connectivity index (χ0n) is 6.63. The van der Waals surface area contributed by atoms with E-state index in [1.165, 1.54) is 0 Å². The Morgan fingerprint density at radius 3 is 2.92 bits per heavy atom. The van der Waals surface area contributed by atoms with E-state index in [0.717, 1.165) is 16.8 Å². The fourth-order valence-electron chi connectivity index (χ4n) is 1.38. The molecule has 0 aliphatic carbocycles. The molecule has 0 saturated heterocycles. The summed E-state index contributed by atoms with van der Waals surface area (Å²) in [5, 5.41) is 2.79. The highest BCUT2D eigenvalue weighted by molar-refractivity contribution is 6.04. The standard InChI is InChI=1S/C10H9NO/c1-7-6-10(12)11-9-5-3-2-4-8(7)9/h2-5H,1,6H2,(H,11,12). The molecule has 0 aromatic heterocycles. The average molecular weight is 159 g/mol. The maximum Gasteiger partial charge on any atom is 0.228 e. The number of anilines is 1. The summed E-state index contributed by atoms with van der Waals surface area (Å²) in [6, 6.07) is 7.70. The second-order valence-corrected chi connectivity index (χ2v) is 2.87. The number of amides is 1. The van der Waals surface area contributed by atoms with Crippen LogP contribution in [0.4, 0.5) is 5.69 Å². The van der Waals surface area contributed by atoms with Gasteiger partial charge in [-0.05, 0) is 11.6 Å². The third-order valence-electron chi connectivity index (χ3n) is 1.96. The molecule has 0 fully saturated rings. The molecule has 1 N–H and O–H groups in total. The molecule has 1 aliphatic heterocycles. The lowest BCUT2D eigenvalue weighted by molar-refractivity contribution is -0.115. The van der Waals surface area contributed by atoms with Crippen LogP contribution in [0.25, 0.3) is 5.57 Å². The Kier molecular flexibility index (Phi) is 1.47. The van der Waals surface area contributed by atoms with E-state index in [4.69, 9.17) is 0 Å². The van der Waals surface area contributed by atoms with Crippen molar-refractivity contribution in [2.24, 2.45) is 0 Å². The Labute approximate surface area is 70.9 Å². The van der Waals surface area contributed by atoms with Gasteiger partial charge >= 0.3 is 0 Å². The number of fused-ring (bicyclic) bond motifs is 1. The van der Waals surface area contributed by atoms with Gasteiger partial charge in [0.05, 0.1) is 6.42 Å². The molecular weight excluding hydrogens is 150 g/mol. The molecule has 1 amide bonds. The van der Waals surface area contributed by atoms with Gasteiger partial charge in [0.1, 0.15) is 0 Å². The van der Waals surface area contributed by atoms with Crippen LogP contribution in [0.5, 0.6) is 0 Å². The van der Waals surface area contributed by atoms with Crippen molar-refractivity contribution in [2.45, 2.75) is 6.42 Å². The van der Waals surface area contributed by atoms with Crippen molar-refractivity contribution in [3.63, 3.8) is 0 Å². The van der Waals surface area contributed by atoms with E-state index < -0.39 is 0 Å². The molecule has 0 spiro atoms. The molecule has 12 heavy (non-hydrogen) atoms. The molecule has 1 aromatic rings. The van der Waals surface area contributed by atoms with Gasteiger partial charge in [-0.3, -0.25) is 4.79 Å². The van der Waals surface area contributed by atoms with Gasteiger partial charge in [0.25, 0.3) is 0 Å². The minimum atomic E-state index is 0.0266. The number of hydrogen-bond acceptors (Lipinski definition) is 1. The van der Waals surface area contributed by atoms with E-state index in [9.17, 15) is 4.79 Å². The summed E-state index contributed by atoms with van der Waals surface area (Å²) in [5.74, 6) is 0.0266. The second-order valence-electron chi connectivity index (χ2n) is 2.87. The number of carbonyl (C=O) groups is 1. The van der Waals surface area contributed by atoms with Crippen LogP contribution in [-0.2, 0) is 4.79 Å². The molecule has 2 rings (SSSR count). The first-order chi connectivity index (χ1) is 5.77. The summed E-state index contributed by atoms with van der Waals surface area (Å²) in [7, 11) is 0. The first-order valence-corrected chi connectivity index (χ1v) is 3.84. The highest BCUT2D eigenvalue weighted by Gasteiger charge is 2.16. The predicted octanol–water partition coefficient (Wildman–Crippen LogP) is 2.04. The Hall–Kier alpha value is -1.57. The molecule has 0 radical (unpaired) electrons. The van der Waals surface area contributed by atoms with Gasteiger partial charge in [-0.1, -0.05) is 24.8 Å². The van der Waals surface area contributed by atoms with E-state index in [1.54, 1.807) is 0 Å². The van der Waals surface area contributed by atoms with Crippen molar-refractivity contribution in [1.29, 1.82) is 0 Å². The lowest BCUT2D eigenvalue weighted by Crippen LogP contribution is -2.17. The van der Waals surface area contributed by atoms with Crippen LogP contribution in [-0.4, -0.2) is 5.91 Å². The number of benzene rings is 1. The van der Waals surface area contributed by atoms with Crippen molar-refractivity contribution in [2.75, 3.05) is 5.32 Å². The normalized spacial score (nSPS) is 15.3. The largest absolute Gasteiger partial charge is 0.325 e. The van der Waals surface area contributed by atoms with E-state index in [0.29, 0.717) is 6.42 Å². The smallest absolute Gasteiger partial charge is 0.228 e. The molecule has 0 bridgehead atoms. The number of carbonyl (C=O) groups excluding carboxylic acids is 1. The summed E-state index contributed by atoms with van der Waals surface area (Å²) >= 11 is 0. The summed E-state index contributed by atoms with van der Waals surface area (Å²) in [5.41, 5.74) is 2.82. The molecule has 0 unspecified atom stereocenters. The molecule has 60 valence electrons. The highest BCUT2D eigenvalue weighted by Crippen LogP contribution is 2.29. The summed E-state index contributed by atoms with van der Waals surface area (Å²) in [6.45, 7) is 3.85. The quantitative estimate of drug-likeness (QED) is 0.616. The second kappa shape index (κ2) is 2.48. The fourth-order valence-corrected chi connectivity index (χ4v) is 1.38. The molecule has 1 aliphatic rings. The van der Waals surface area contributed by atoms with E-state index in [2.05, 4.69) is 11.9 Å². The Morgan fingerprint density at radius 2 is 2.08 bits per heavy atom. The lowest BCUT2D eigenvalue weighted by Gasteiger charge is -2.17. The first kappa shape index (κ1) is 7.10. The van der Waals surface area contributed by atoms with Gasteiger partial charge in [-0.25, -0.2) is 0 Å². The van der Waals surface area contributed by atoms with Gasteiger partial charge < -0.3 is 5.32 Å². The zero-order chi connectivity index (χ0) is 8.55. The fraction of sp³-hybridized carbons (Fsp3) is 0.100. The van der Waals surface area contributed by atoms with Crippen molar-refractivity contribution < 1.29 is 4.79 Å². The number of rotatable bonds is 0. The van der Waals surface area contributed by atoms with Crippen LogP contribution in [0.3, 0.4) is 0 Å². The zero-order valence-corrected chi connectivity index (χ0v) is 6.63. The van der Waals surface area contributed by atoms with Gasteiger partial charge in [-0.15, -0.1) is 0 Å². The van der Waals surface area contributed by atoms with Crippen molar-refractivity contribution in [1.82, 2.24) is 0 Å².